The molecule has 174 valence electrons. The van der Waals surface area contributed by atoms with Crippen molar-refractivity contribution in [3.63, 3.8) is 0 Å². The summed E-state index contributed by atoms with van der Waals surface area (Å²) in [6.07, 6.45) is 0. The van der Waals surface area contributed by atoms with Crippen LogP contribution in [0.5, 0.6) is 5.75 Å². The van der Waals surface area contributed by atoms with Gasteiger partial charge in [0.25, 0.3) is 0 Å². The zero-order valence-corrected chi connectivity index (χ0v) is 19.9. The van der Waals surface area contributed by atoms with E-state index in [1.54, 1.807) is 19.2 Å². The Morgan fingerprint density at radius 2 is 1.34 bits per heavy atom. The second-order valence-corrected chi connectivity index (χ2v) is 8.78. The van der Waals surface area contributed by atoms with Gasteiger partial charge in [-0.2, -0.15) is 5.10 Å². The molecular formula is C30H26FN3O. The summed E-state index contributed by atoms with van der Waals surface area (Å²) >= 11 is 0. The average molecular weight is 464 g/mol. The summed E-state index contributed by atoms with van der Waals surface area (Å²) in [7, 11) is 1.67. The van der Waals surface area contributed by atoms with Crippen LogP contribution in [-0.4, -0.2) is 18.7 Å². The summed E-state index contributed by atoms with van der Waals surface area (Å²) in [6, 6.07) is 28.9. The Kier molecular flexibility index (Phi) is 6.15. The lowest BCUT2D eigenvalue weighted by atomic mass is 9.94. The summed E-state index contributed by atoms with van der Waals surface area (Å²) in [5.41, 5.74) is 10.9. The number of fused-ring (bicyclic) bond motifs is 1. The molecule has 0 saturated carbocycles. The molecule has 4 aromatic rings. The summed E-state index contributed by atoms with van der Waals surface area (Å²) in [5, 5.41) is 4.77. The number of hydrogen-bond donors (Lipinski definition) is 1. The van der Waals surface area contributed by atoms with Gasteiger partial charge in [-0.25, -0.2) is 9.38 Å². The van der Waals surface area contributed by atoms with E-state index in [9.17, 15) is 4.39 Å². The van der Waals surface area contributed by atoms with Crippen molar-refractivity contribution < 1.29 is 9.13 Å². The number of hydrazone groups is 1. The van der Waals surface area contributed by atoms with Crippen molar-refractivity contribution in [3.8, 4) is 16.9 Å². The Morgan fingerprint density at radius 3 is 1.97 bits per heavy atom. The maximum absolute atomic E-state index is 13.5. The van der Waals surface area contributed by atoms with E-state index >= 15 is 0 Å². The first-order valence-electron chi connectivity index (χ1n) is 11.6. The van der Waals surface area contributed by atoms with Crippen LogP contribution in [0.2, 0.25) is 0 Å². The lowest BCUT2D eigenvalue weighted by Gasteiger charge is -2.12. The summed E-state index contributed by atoms with van der Waals surface area (Å²) < 4.78 is 18.7. The highest BCUT2D eigenvalue weighted by Crippen LogP contribution is 2.30. The third-order valence-corrected chi connectivity index (χ3v) is 6.15. The fraction of sp³-hybridized carbons (Fsp3) is 0.133. The zero-order chi connectivity index (χ0) is 24.4. The van der Waals surface area contributed by atoms with Gasteiger partial charge in [0.15, 0.2) is 5.84 Å². The molecule has 5 heteroatoms. The first-order chi connectivity index (χ1) is 17.0. The maximum atomic E-state index is 13.5. The lowest BCUT2D eigenvalue weighted by molar-refractivity contribution is 0.415. The molecule has 0 bridgehead atoms. The highest BCUT2D eigenvalue weighted by molar-refractivity contribution is 6.18. The molecule has 0 saturated heterocycles. The Balaban J connectivity index is 1.55. The van der Waals surface area contributed by atoms with Crippen molar-refractivity contribution in [2.75, 3.05) is 7.11 Å². The largest absolute Gasteiger partial charge is 0.497 e. The minimum atomic E-state index is -0.286. The fourth-order valence-corrected chi connectivity index (χ4v) is 4.08. The molecule has 35 heavy (non-hydrogen) atoms. The topological polar surface area (TPSA) is 46.0 Å². The first-order valence-corrected chi connectivity index (χ1v) is 11.6. The van der Waals surface area contributed by atoms with Gasteiger partial charge < -0.3 is 4.74 Å². The van der Waals surface area contributed by atoms with Crippen LogP contribution < -0.4 is 10.2 Å². The Bertz CT molecular complexity index is 1400. The fourth-order valence-electron chi connectivity index (χ4n) is 4.08. The Labute approximate surface area is 204 Å². The smallest absolute Gasteiger partial charge is 0.154 e. The van der Waals surface area contributed by atoms with Crippen LogP contribution in [0.4, 0.5) is 10.1 Å². The van der Waals surface area contributed by atoms with Gasteiger partial charge in [-0.05, 0) is 71.1 Å². The molecular weight excluding hydrogens is 437 g/mol. The van der Waals surface area contributed by atoms with E-state index in [1.165, 1.54) is 17.7 Å². The number of hydrogen-bond acceptors (Lipinski definition) is 4. The lowest BCUT2D eigenvalue weighted by Crippen LogP contribution is -2.19. The van der Waals surface area contributed by atoms with Gasteiger partial charge in [-0.1, -0.05) is 56.3 Å². The molecule has 1 N–H and O–H groups in total. The van der Waals surface area contributed by atoms with E-state index in [1.807, 2.05) is 30.3 Å². The van der Waals surface area contributed by atoms with Gasteiger partial charge in [0.2, 0.25) is 0 Å². The van der Waals surface area contributed by atoms with E-state index in [2.05, 4.69) is 55.7 Å². The van der Waals surface area contributed by atoms with Crippen LogP contribution in [0.3, 0.4) is 0 Å². The van der Waals surface area contributed by atoms with E-state index in [0.29, 0.717) is 11.8 Å². The van der Waals surface area contributed by atoms with Gasteiger partial charge in [0.05, 0.1) is 18.5 Å². The third-order valence-electron chi connectivity index (χ3n) is 6.15. The van der Waals surface area contributed by atoms with E-state index in [0.717, 1.165) is 45.0 Å². The first kappa shape index (κ1) is 22.5. The molecule has 1 heterocycles. The highest BCUT2D eigenvalue weighted by atomic mass is 19.1. The molecule has 0 spiro atoms. The number of amidine groups is 1. The summed E-state index contributed by atoms with van der Waals surface area (Å²) in [6.45, 7) is 4.34. The van der Waals surface area contributed by atoms with E-state index < -0.39 is 0 Å². The van der Waals surface area contributed by atoms with Crippen LogP contribution >= 0.6 is 0 Å². The van der Waals surface area contributed by atoms with Crippen LogP contribution in [0, 0.1) is 5.82 Å². The molecule has 0 fully saturated rings. The predicted molar refractivity (Wildman–Crippen MR) is 140 cm³/mol. The minimum Gasteiger partial charge on any atom is -0.497 e. The number of aliphatic imine (C=N–C) groups is 1. The monoisotopic (exact) mass is 463 g/mol. The number of methoxy groups -OCH3 is 1. The number of nitrogens with one attached hydrogen (secondary N) is 1. The maximum Gasteiger partial charge on any atom is 0.154 e. The quantitative estimate of drug-likeness (QED) is 0.344. The normalized spacial score (nSPS) is 12.8. The minimum absolute atomic E-state index is 0.286. The SMILES string of the molecule is COc1ccc(-c2ccc(C3=NNC(c4ccc(F)cc4)=Nc4ccc(C(C)C)cc43)cc2)cc1. The van der Waals surface area contributed by atoms with E-state index in [4.69, 9.17) is 14.8 Å². The van der Waals surface area contributed by atoms with Crippen molar-refractivity contribution in [3.05, 3.63) is 119 Å². The van der Waals surface area contributed by atoms with Crippen molar-refractivity contribution in [2.45, 2.75) is 19.8 Å². The third kappa shape index (κ3) is 4.71. The van der Waals surface area contributed by atoms with Gasteiger partial charge in [-0.15, -0.1) is 0 Å². The molecule has 1 aliphatic rings. The number of benzene rings is 4. The van der Waals surface area contributed by atoms with Gasteiger partial charge in [0, 0.05) is 16.7 Å². The predicted octanol–water partition coefficient (Wildman–Crippen LogP) is 7.06. The Hall–Kier alpha value is -4.25. The molecule has 4 nitrogen and oxygen atoms in total. The number of halogens is 1. The van der Waals surface area contributed by atoms with Crippen LogP contribution in [0.1, 0.15) is 42.0 Å². The standard InChI is InChI=1S/C30H26FN3O/c1-19(2)24-12-17-28-27(18-24)29(33-34-30(32-28)23-8-13-25(31)14-9-23)22-6-4-20(5-7-22)21-10-15-26(35-3)16-11-21/h4-19H,1-3H3,(H,32,34). The second kappa shape index (κ2) is 9.55. The van der Waals surface area contributed by atoms with Crippen molar-refractivity contribution in [1.29, 1.82) is 0 Å². The molecule has 0 atom stereocenters. The molecule has 5 rings (SSSR count). The van der Waals surface area contributed by atoms with Crippen molar-refractivity contribution in [1.82, 2.24) is 5.43 Å². The highest BCUT2D eigenvalue weighted by Gasteiger charge is 2.19. The number of nitrogens with zero attached hydrogens (tertiary/aromatic N) is 2. The molecule has 0 unspecified atom stereocenters. The molecule has 0 amide bonds. The van der Waals surface area contributed by atoms with E-state index in [-0.39, 0.29) is 5.82 Å². The van der Waals surface area contributed by atoms with Gasteiger partial charge in [0.1, 0.15) is 11.6 Å². The number of rotatable bonds is 5. The van der Waals surface area contributed by atoms with Gasteiger partial charge in [-0.3, -0.25) is 5.43 Å². The molecule has 0 aromatic heterocycles. The molecule has 0 aliphatic carbocycles. The van der Waals surface area contributed by atoms with Crippen LogP contribution in [0.25, 0.3) is 11.1 Å². The molecule has 4 aromatic carbocycles. The zero-order valence-electron chi connectivity index (χ0n) is 19.9. The van der Waals surface area contributed by atoms with Gasteiger partial charge >= 0.3 is 0 Å². The van der Waals surface area contributed by atoms with Crippen molar-refractivity contribution in [2.24, 2.45) is 10.1 Å². The van der Waals surface area contributed by atoms with Crippen LogP contribution in [0.15, 0.2) is 101 Å². The number of ether oxygens (including phenoxy) is 1. The van der Waals surface area contributed by atoms with Crippen LogP contribution in [-0.2, 0) is 0 Å². The molecule has 1 aliphatic heterocycles. The molecule has 0 radical (unpaired) electrons. The summed E-state index contributed by atoms with van der Waals surface area (Å²) in [4.78, 5) is 4.85. The second-order valence-electron chi connectivity index (χ2n) is 8.78. The Morgan fingerprint density at radius 1 is 0.743 bits per heavy atom. The van der Waals surface area contributed by atoms with Crippen molar-refractivity contribution >= 4 is 17.2 Å². The summed E-state index contributed by atoms with van der Waals surface area (Å²) in [5.74, 6) is 1.49. The average Bonchev–Trinajstić information content (AvgIpc) is 3.08.